The van der Waals surface area contributed by atoms with Gasteiger partial charge in [0.1, 0.15) is 0 Å². The number of aromatic nitrogens is 1. The zero-order valence-electron chi connectivity index (χ0n) is 14.1. The Morgan fingerprint density at radius 1 is 1.36 bits per heavy atom. The minimum Gasteiger partial charge on any atom is -0.357 e. The van der Waals surface area contributed by atoms with Gasteiger partial charge in [0.25, 0.3) is 0 Å². The molecule has 5 nitrogen and oxygen atoms in total. The number of hydrogen-bond acceptors (Lipinski definition) is 3. The normalized spacial score (nSPS) is 19.4. The van der Waals surface area contributed by atoms with Gasteiger partial charge in [-0.3, -0.25) is 9.88 Å². The van der Waals surface area contributed by atoms with Gasteiger partial charge in [-0.15, -0.1) is 0 Å². The maximum atomic E-state index is 4.65. The highest BCUT2D eigenvalue weighted by molar-refractivity contribution is 5.79. The Hall–Kier alpha value is -1.62. The van der Waals surface area contributed by atoms with E-state index >= 15 is 0 Å². The van der Waals surface area contributed by atoms with Crippen LogP contribution in [-0.2, 0) is 6.54 Å². The summed E-state index contributed by atoms with van der Waals surface area (Å²) in [6.07, 6.45) is 2.58. The number of hydrogen-bond donors (Lipinski definition) is 2. The molecule has 1 aliphatic rings. The van der Waals surface area contributed by atoms with Crippen LogP contribution >= 0.6 is 0 Å². The zero-order chi connectivity index (χ0) is 15.8. The lowest BCUT2D eigenvalue weighted by atomic mass is 10.2. The minimum atomic E-state index is 0.610. The minimum absolute atomic E-state index is 0.610. The number of likely N-dealkylation sites (tertiary alicyclic amines) is 1. The van der Waals surface area contributed by atoms with Crippen LogP contribution < -0.4 is 10.6 Å². The summed E-state index contributed by atoms with van der Waals surface area (Å²) in [6.45, 7) is 11.1. The number of rotatable bonds is 6. The van der Waals surface area contributed by atoms with Gasteiger partial charge < -0.3 is 10.6 Å². The molecular weight excluding hydrogens is 274 g/mol. The monoisotopic (exact) mass is 303 g/mol. The smallest absolute Gasteiger partial charge is 0.191 e. The van der Waals surface area contributed by atoms with Gasteiger partial charge in [-0.05, 0) is 51.9 Å². The highest BCUT2D eigenvalue weighted by Crippen LogP contribution is 2.15. The first-order chi connectivity index (χ1) is 10.7. The number of pyridine rings is 1. The van der Waals surface area contributed by atoms with Gasteiger partial charge in [0.15, 0.2) is 5.96 Å². The standard InChI is InChI=1S/C17H29N5/c1-4-18-17(19-12-15-9-6-8-14(3)21-15)20-13-16-10-7-11-22(16)5-2/h6,8-9,16H,4-5,7,10-13H2,1-3H3,(H2,18,19,20). The van der Waals surface area contributed by atoms with Crippen molar-refractivity contribution in [1.82, 2.24) is 20.5 Å². The molecule has 0 saturated carbocycles. The molecule has 2 heterocycles. The fourth-order valence-electron chi connectivity index (χ4n) is 2.95. The Balaban J connectivity index is 1.89. The largest absolute Gasteiger partial charge is 0.357 e. The van der Waals surface area contributed by atoms with Crippen LogP contribution in [0.3, 0.4) is 0 Å². The van der Waals surface area contributed by atoms with Crippen molar-refractivity contribution < 1.29 is 0 Å². The van der Waals surface area contributed by atoms with E-state index in [9.17, 15) is 0 Å². The second kappa shape index (κ2) is 8.73. The molecule has 1 saturated heterocycles. The van der Waals surface area contributed by atoms with E-state index in [-0.39, 0.29) is 0 Å². The van der Waals surface area contributed by atoms with Gasteiger partial charge in [0.2, 0.25) is 0 Å². The van der Waals surface area contributed by atoms with E-state index in [1.807, 2.05) is 25.1 Å². The maximum absolute atomic E-state index is 4.65. The molecular formula is C17H29N5. The molecule has 1 aromatic rings. The topological polar surface area (TPSA) is 52.6 Å². The predicted molar refractivity (Wildman–Crippen MR) is 92.1 cm³/mol. The van der Waals surface area contributed by atoms with Gasteiger partial charge >= 0.3 is 0 Å². The number of nitrogens with zero attached hydrogens (tertiary/aromatic N) is 3. The van der Waals surface area contributed by atoms with Crippen LogP contribution in [0.5, 0.6) is 0 Å². The number of nitrogens with one attached hydrogen (secondary N) is 2. The average molecular weight is 303 g/mol. The number of likely N-dealkylation sites (N-methyl/N-ethyl adjacent to an activating group) is 1. The summed E-state index contributed by atoms with van der Waals surface area (Å²) < 4.78 is 0. The first-order valence-corrected chi connectivity index (χ1v) is 8.41. The van der Waals surface area contributed by atoms with E-state index in [1.54, 1.807) is 0 Å². The fraction of sp³-hybridized carbons (Fsp3) is 0.647. The van der Waals surface area contributed by atoms with Crippen molar-refractivity contribution in [3.8, 4) is 0 Å². The molecule has 0 aliphatic carbocycles. The lowest BCUT2D eigenvalue weighted by molar-refractivity contribution is 0.267. The van der Waals surface area contributed by atoms with Crippen LogP contribution in [0.4, 0.5) is 0 Å². The third-order valence-electron chi connectivity index (χ3n) is 4.10. The summed E-state index contributed by atoms with van der Waals surface area (Å²) in [6, 6.07) is 6.70. The Bertz CT molecular complexity index is 486. The van der Waals surface area contributed by atoms with Crippen LogP contribution in [0, 0.1) is 6.92 Å². The summed E-state index contributed by atoms with van der Waals surface area (Å²) in [4.78, 5) is 11.7. The lowest BCUT2D eigenvalue weighted by Crippen LogP contribution is -2.44. The first kappa shape index (κ1) is 16.7. The summed E-state index contributed by atoms with van der Waals surface area (Å²) in [5.74, 6) is 0.883. The number of aryl methyl sites for hydroxylation is 1. The molecule has 5 heteroatoms. The molecule has 1 aromatic heterocycles. The molecule has 2 rings (SSSR count). The SMILES string of the molecule is CCNC(=NCc1cccc(C)n1)NCC1CCCN1CC. The van der Waals surface area contributed by atoms with Crippen LogP contribution in [-0.4, -0.2) is 48.1 Å². The highest BCUT2D eigenvalue weighted by Gasteiger charge is 2.22. The Morgan fingerprint density at radius 2 is 2.23 bits per heavy atom. The molecule has 0 aromatic carbocycles. The van der Waals surface area contributed by atoms with Crippen molar-refractivity contribution in [3.05, 3.63) is 29.6 Å². The molecule has 0 radical (unpaired) electrons. The van der Waals surface area contributed by atoms with E-state index in [0.29, 0.717) is 12.6 Å². The Kier molecular flexibility index (Phi) is 6.65. The second-order valence-corrected chi connectivity index (χ2v) is 5.77. The van der Waals surface area contributed by atoms with Crippen LogP contribution in [0.1, 0.15) is 38.1 Å². The summed E-state index contributed by atoms with van der Waals surface area (Å²) in [5, 5.41) is 6.80. The number of guanidine groups is 1. The number of aliphatic imine (C=N–C) groups is 1. The predicted octanol–water partition coefficient (Wildman–Crippen LogP) is 1.93. The van der Waals surface area contributed by atoms with Crippen LogP contribution in [0.2, 0.25) is 0 Å². The van der Waals surface area contributed by atoms with Gasteiger partial charge in [-0.1, -0.05) is 13.0 Å². The molecule has 1 aliphatic heterocycles. The molecule has 1 unspecified atom stereocenters. The third kappa shape index (κ3) is 4.98. The van der Waals surface area contributed by atoms with Crippen LogP contribution in [0.15, 0.2) is 23.2 Å². The average Bonchev–Trinajstić information content (AvgIpc) is 2.97. The third-order valence-corrected chi connectivity index (χ3v) is 4.10. The molecule has 1 fully saturated rings. The first-order valence-electron chi connectivity index (χ1n) is 8.41. The van der Waals surface area contributed by atoms with E-state index < -0.39 is 0 Å². The van der Waals surface area contributed by atoms with Crippen molar-refractivity contribution in [2.45, 2.75) is 46.2 Å². The molecule has 22 heavy (non-hydrogen) atoms. The molecule has 0 spiro atoms. The van der Waals surface area contributed by atoms with Crippen molar-refractivity contribution in [3.63, 3.8) is 0 Å². The molecule has 0 bridgehead atoms. The summed E-state index contributed by atoms with van der Waals surface area (Å²) in [5.41, 5.74) is 2.04. The highest BCUT2D eigenvalue weighted by atomic mass is 15.2. The quantitative estimate of drug-likeness (QED) is 0.623. The molecule has 122 valence electrons. The van der Waals surface area contributed by atoms with Crippen molar-refractivity contribution >= 4 is 5.96 Å². The maximum Gasteiger partial charge on any atom is 0.191 e. The van der Waals surface area contributed by atoms with Crippen LogP contribution in [0.25, 0.3) is 0 Å². The second-order valence-electron chi connectivity index (χ2n) is 5.77. The van der Waals surface area contributed by atoms with E-state index in [4.69, 9.17) is 0 Å². The van der Waals surface area contributed by atoms with E-state index in [2.05, 4.69) is 39.4 Å². The van der Waals surface area contributed by atoms with Gasteiger partial charge in [0, 0.05) is 24.8 Å². The summed E-state index contributed by atoms with van der Waals surface area (Å²) >= 11 is 0. The fourth-order valence-corrected chi connectivity index (χ4v) is 2.95. The molecule has 2 N–H and O–H groups in total. The summed E-state index contributed by atoms with van der Waals surface area (Å²) in [7, 11) is 0. The Morgan fingerprint density at radius 3 is 2.95 bits per heavy atom. The van der Waals surface area contributed by atoms with Crippen molar-refractivity contribution in [1.29, 1.82) is 0 Å². The van der Waals surface area contributed by atoms with E-state index in [1.165, 1.54) is 19.4 Å². The van der Waals surface area contributed by atoms with Gasteiger partial charge in [0.05, 0.1) is 12.2 Å². The lowest BCUT2D eigenvalue weighted by Gasteiger charge is -2.23. The van der Waals surface area contributed by atoms with Crippen molar-refractivity contribution in [2.75, 3.05) is 26.2 Å². The van der Waals surface area contributed by atoms with E-state index in [0.717, 1.165) is 37.0 Å². The van der Waals surface area contributed by atoms with Gasteiger partial charge in [-0.25, -0.2) is 4.99 Å². The molecule has 1 atom stereocenters. The van der Waals surface area contributed by atoms with Gasteiger partial charge in [-0.2, -0.15) is 0 Å². The molecule has 0 amide bonds. The zero-order valence-corrected chi connectivity index (χ0v) is 14.1. The van der Waals surface area contributed by atoms with Crippen molar-refractivity contribution in [2.24, 2.45) is 4.99 Å². The Labute approximate surface area is 134 Å².